The summed E-state index contributed by atoms with van der Waals surface area (Å²) in [6, 6.07) is 7.66. The van der Waals surface area contributed by atoms with Crippen LogP contribution >= 0.6 is 0 Å². The molecule has 1 amide bonds. The molecule has 1 aliphatic heterocycles. The quantitative estimate of drug-likeness (QED) is 0.670. The van der Waals surface area contributed by atoms with Gasteiger partial charge in [-0.1, -0.05) is 22.6 Å². The van der Waals surface area contributed by atoms with Crippen LogP contribution in [0.15, 0.2) is 35.2 Å². The zero-order valence-corrected chi connectivity index (χ0v) is 12.2. The molecule has 2 atom stereocenters. The topological polar surface area (TPSA) is 108 Å². The third kappa shape index (κ3) is 3.50. The van der Waals surface area contributed by atoms with E-state index in [1.807, 2.05) is 5.43 Å². The fourth-order valence-electron chi connectivity index (χ4n) is 2.15. The fourth-order valence-corrected chi connectivity index (χ4v) is 3.57. The van der Waals surface area contributed by atoms with Gasteiger partial charge in [0.05, 0.1) is 17.2 Å². The Hall–Kier alpha value is -1.68. The van der Waals surface area contributed by atoms with Crippen LogP contribution in [0.3, 0.4) is 0 Å². The Balaban J connectivity index is 2.30. The van der Waals surface area contributed by atoms with Crippen molar-refractivity contribution in [2.45, 2.75) is 23.6 Å². The van der Waals surface area contributed by atoms with Gasteiger partial charge >= 0.3 is 6.09 Å². The van der Waals surface area contributed by atoms with E-state index in [1.165, 1.54) is 19.2 Å². The van der Waals surface area contributed by atoms with E-state index in [0.717, 1.165) is 4.41 Å². The smallest absolute Gasteiger partial charge is 0.420 e. The number of hydrogen-bond acceptors (Lipinski definition) is 5. The molecule has 0 unspecified atom stereocenters. The summed E-state index contributed by atoms with van der Waals surface area (Å²) < 4.78 is 31.0. The van der Waals surface area contributed by atoms with Crippen molar-refractivity contribution in [1.82, 2.24) is 15.2 Å². The van der Waals surface area contributed by atoms with Gasteiger partial charge in [-0.2, -0.15) is 0 Å². The lowest BCUT2D eigenvalue weighted by molar-refractivity contribution is 0.107. The number of nitrogens with one attached hydrogen (secondary N) is 2. The second kappa shape index (κ2) is 6.39. The lowest BCUT2D eigenvalue weighted by Crippen LogP contribution is -2.54. The molecular formula is C12H17N3O5S. The number of benzene rings is 1. The molecule has 1 aliphatic rings. The number of carbonyl (C=O) groups is 1. The SMILES string of the molecule is CO[C@@H]1CN[C@H](N(NC(=O)O)S(=O)(=O)c2ccccc2)C1. The predicted molar refractivity (Wildman–Crippen MR) is 73.8 cm³/mol. The second-order valence-electron chi connectivity index (χ2n) is 4.55. The minimum Gasteiger partial charge on any atom is -0.464 e. The predicted octanol–water partition coefficient (Wildman–Crippen LogP) is 0.194. The first-order valence-corrected chi connectivity index (χ1v) is 7.74. The van der Waals surface area contributed by atoms with Crippen molar-refractivity contribution in [1.29, 1.82) is 0 Å². The van der Waals surface area contributed by atoms with Gasteiger partial charge in [0.15, 0.2) is 0 Å². The molecule has 3 N–H and O–H groups in total. The first-order valence-electron chi connectivity index (χ1n) is 6.30. The van der Waals surface area contributed by atoms with Crippen molar-refractivity contribution in [3.8, 4) is 0 Å². The Morgan fingerprint density at radius 2 is 2.10 bits per heavy atom. The van der Waals surface area contributed by atoms with E-state index in [1.54, 1.807) is 18.2 Å². The molecule has 1 fully saturated rings. The molecule has 0 aliphatic carbocycles. The largest absolute Gasteiger partial charge is 0.464 e. The van der Waals surface area contributed by atoms with E-state index >= 15 is 0 Å². The Labute approximate surface area is 122 Å². The van der Waals surface area contributed by atoms with Gasteiger partial charge in [0.1, 0.15) is 0 Å². The molecule has 0 aromatic heterocycles. The molecule has 1 saturated heterocycles. The molecule has 116 valence electrons. The summed E-state index contributed by atoms with van der Waals surface area (Å²) in [5, 5.41) is 11.8. The van der Waals surface area contributed by atoms with Gasteiger partial charge in [0, 0.05) is 20.1 Å². The standard InChI is InChI=1S/C12H17N3O5S/c1-20-9-7-11(13-8-9)15(14-12(16)17)21(18,19)10-5-3-2-4-6-10/h2-6,9,11,13-14H,7-8H2,1H3,(H,16,17)/t9-,11+/m0/s1. The van der Waals surface area contributed by atoms with Crippen LogP contribution in [0.25, 0.3) is 0 Å². The van der Waals surface area contributed by atoms with Crippen LogP contribution < -0.4 is 10.7 Å². The van der Waals surface area contributed by atoms with Crippen LogP contribution in [0.4, 0.5) is 4.79 Å². The molecule has 0 spiro atoms. The maximum absolute atomic E-state index is 12.6. The molecule has 2 rings (SSSR count). The normalized spacial score (nSPS) is 22.4. The lowest BCUT2D eigenvalue weighted by Gasteiger charge is -2.27. The third-order valence-electron chi connectivity index (χ3n) is 3.19. The summed E-state index contributed by atoms with van der Waals surface area (Å²) in [5.74, 6) is 0. The van der Waals surface area contributed by atoms with Crippen molar-refractivity contribution < 1.29 is 23.1 Å². The highest BCUT2D eigenvalue weighted by Crippen LogP contribution is 2.20. The van der Waals surface area contributed by atoms with Crippen molar-refractivity contribution in [3.05, 3.63) is 30.3 Å². The van der Waals surface area contributed by atoms with Gasteiger partial charge in [-0.05, 0) is 12.1 Å². The number of carboxylic acid groups (broad SMARTS) is 1. The van der Waals surface area contributed by atoms with Crippen LogP contribution in [-0.4, -0.2) is 50.0 Å². The molecule has 8 nitrogen and oxygen atoms in total. The minimum absolute atomic E-state index is 0.0152. The summed E-state index contributed by atoms with van der Waals surface area (Å²) in [5.41, 5.74) is 1.95. The van der Waals surface area contributed by atoms with E-state index in [9.17, 15) is 13.2 Å². The molecule has 1 aromatic rings. The maximum atomic E-state index is 12.6. The van der Waals surface area contributed by atoms with Crippen LogP contribution in [-0.2, 0) is 14.8 Å². The number of sulfonamides is 1. The van der Waals surface area contributed by atoms with E-state index in [0.29, 0.717) is 13.0 Å². The van der Waals surface area contributed by atoms with Crippen molar-refractivity contribution in [2.24, 2.45) is 0 Å². The molecular weight excluding hydrogens is 298 g/mol. The van der Waals surface area contributed by atoms with Crippen molar-refractivity contribution in [2.75, 3.05) is 13.7 Å². The molecule has 1 aromatic carbocycles. The summed E-state index contributed by atoms with van der Waals surface area (Å²) in [6.45, 7) is 0.448. The number of rotatable bonds is 5. The van der Waals surface area contributed by atoms with Crippen molar-refractivity contribution in [3.63, 3.8) is 0 Å². The molecule has 21 heavy (non-hydrogen) atoms. The number of ether oxygens (including phenoxy) is 1. The van der Waals surface area contributed by atoms with E-state index in [4.69, 9.17) is 9.84 Å². The van der Waals surface area contributed by atoms with Crippen LogP contribution in [0, 0.1) is 0 Å². The average molecular weight is 315 g/mol. The van der Waals surface area contributed by atoms with Gasteiger partial charge in [0.2, 0.25) is 0 Å². The summed E-state index contributed by atoms with van der Waals surface area (Å²) >= 11 is 0. The summed E-state index contributed by atoms with van der Waals surface area (Å²) in [7, 11) is -2.46. The van der Waals surface area contributed by atoms with Crippen LogP contribution in [0.5, 0.6) is 0 Å². The minimum atomic E-state index is -3.99. The molecule has 0 saturated carbocycles. The second-order valence-corrected chi connectivity index (χ2v) is 6.36. The Bertz CT molecular complexity index is 592. The fraction of sp³-hybridized carbons (Fsp3) is 0.417. The number of hydrazine groups is 1. The number of hydrogen-bond donors (Lipinski definition) is 3. The highest BCUT2D eigenvalue weighted by molar-refractivity contribution is 7.89. The Morgan fingerprint density at radius 1 is 1.43 bits per heavy atom. The Kier molecular flexibility index (Phi) is 4.78. The third-order valence-corrected chi connectivity index (χ3v) is 4.92. The summed E-state index contributed by atoms with van der Waals surface area (Å²) in [6.07, 6.45) is -1.96. The van der Waals surface area contributed by atoms with Crippen LogP contribution in [0.1, 0.15) is 6.42 Å². The number of nitrogens with zero attached hydrogens (tertiary/aromatic N) is 1. The molecule has 1 heterocycles. The average Bonchev–Trinajstić information content (AvgIpc) is 2.94. The monoisotopic (exact) mass is 315 g/mol. The first kappa shape index (κ1) is 15.7. The maximum Gasteiger partial charge on any atom is 0.420 e. The van der Waals surface area contributed by atoms with Gasteiger partial charge in [-0.25, -0.2) is 18.6 Å². The van der Waals surface area contributed by atoms with Gasteiger partial charge < -0.3 is 9.84 Å². The molecule has 9 heteroatoms. The molecule has 0 bridgehead atoms. The van der Waals surface area contributed by atoms with Crippen molar-refractivity contribution >= 4 is 16.1 Å². The van der Waals surface area contributed by atoms with Gasteiger partial charge in [0.25, 0.3) is 10.0 Å². The lowest BCUT2D eigenvalue weighted by atomic mass is 10.3. The van der Waals surface area contributed by atoms with Gasteiger partial charge in [-0.3, -0.25) is 5.32 Å². The zero-order valence-electron chi connectivity index (χ0n) is 11.4. The highest BCUT2D eigenvalue weighted by Gasteiger charge is 2.37. The van der Waals surface area contributed by atoms with E-state index < -0.39 is 22.3 Å². The van der Waals surface area contributed by atoms with Gasteiger partial charge in [-0.15, -0.1) is 0 Å². The van der Waals surface area contributed by atoms with E-state index in [-0.39, 0.29) is 11.0 Å². The Morgan fingerprint density at radius 3 is 2.62 bits per heavy atom. The van der Waals surface area contributed by atoms with Crippen LogP contribution in [0.2, 0.25) is 0 Å². The highest BCUT2D eigenvalue weighted by atomic mass is 32.2. The zero-order chi connectivity index (χ0) is 15.5. The number of amides is 1. The summed E-state index contributed by atoms with van der Waals surface area (Å²) in [4.78, 5) is 10.9. The number of methoxy groups -OCH3 is 1. The molecule has 0 radical (unpaired) electrons. The first-order chi connectivity index (χ1) is 9.95. The van der Waals surface area contributed by atoms with E-state index in [2.05, 4.69) is 5.32 Å².